The Morgan fingerprint density at radius 2 is 0.762 bits per heavy atom. The smallest absolute Gasteiger partial charge is 0.260 e. The van der Waals surface area contributed by atoms with Gasteiger partial charge in [-0.1, -0.05) is 193 Å². The van der Waals surface area contributed by atoms with Crippen LogP contribution in [-0.4, -0.2) is 14.0 Å². The minimum absolute atomic E-state index is 0.306. The van der Waals surface area contributed by atoms with Gasteiger partial charge in [0, 0.05) is 0 Å². The molecule has 0 radical (unpaired) electrons. The van der Waals surface area contributed by atoms with Crippen LogP contribution in [0.2, 0.25) is 0 Å². The van der Waals surface area contributed by atoms with Crippen LogP contribution < -0.4 is 0 Å². The molecule has 42 heavy (non-hydrogen) atoms. The Hall–Kier alpha value is -0.870. The van der Waals surface area contributed by atoms with Crippen LogP contribution in [0.15, 0.2) is 29.2 Å². The molecule has 4 heteroatoms. The zero-order valence-corrected chi connectivity index (χ0v) is 29.4. The second-order valence-electron chi connectivity index (χ2n) is 13.2. The fourth-order valence-corrected chi connectivity index (χ4v) is 7.51. The van der Waals surface area contributed by atoms with Gasteiger partial charge in [-0.3, -0.25) is 4.18 Å². The summed E-state index contributed by atoms with van der Waals surface area (Å²) in [4.78, 5) is 0.306. The predicted octanol–water partition coefficient (Wildman–Crippen LogP) is 13.0. The molecule has 0 aliphatic heterocycles. The molecule has 1 aromatic rings. The van der Waals surface area contributed by atoms with Crippen molar-refractivity contribution in [2.24, 2.45) is 0 Å². The van der Waals surface area contributed by atoms with Crippen molar-refractivity contribution < 1.29 is 12.6 Å². The molecule has 0 aliphatic rings. The summed E-state index contributed by atoms with van der Waals surface area (Å²) in [5.74, 6) is 0. The molecule has 0 fully saturated rings. The summed E-state index contributed by atoms with van der Waals surface area (Å²) in [5, 5.41) is 0. The molecule has 0 aliphatic carbocycles. The molecule has 3 nitrogen and oxygen atoms in total. The van der Waals surface area contributed by atoms with Crippen LogP contribution in [0.5, 0.6) is 0 Å². The quantitative estimate of drug-likeness (QED) is 0.0646. The maximum absolute atomic E-state index is 13.6. The van der Waals surface area contributed by atoms with Crippen molar-refractivity contribution in [3.63, 3.8) is 0 Å². The van der Waals surface area contributed by atoms with Crippen LogP contribution >= 0.6 is 0 Å². The highest BCUT2D eigenvalue weighted by Gasteiger charge is 2.36. The summed E-state index contributed by atoms with van der Waals surface area (Å²) < 4.78 is 33.7. The van der Waals surface area contributed by atoms with Crippen LogP contribution in [0.3, 0.4) is 0 Å². The van der Waals surface area contributed by atoms with E-state index in [0.29, 0.717) is 4.90 Å². The highest BCUT2D eigenvalue weighted by Crippen LogP contribution is 2.36. The molecule has 0 saturated carbocycles. The van der Waals surface area contributed by atoms with E-state index in [2.05, 4.69) is 20.8 Å². The summed E-state index contributed by atoms with van der Waals surface area (Å²) in [6, 6.07) is 7.21. The van der Waals surface area contributed by atoms with Gasteiger partial charge in [-0.05, 0) is 38.3 Å². The second kappa shape index (κ2) is 25.5. The van der Waals surface area contributed by atoms with Gasteiger partial charge in [-0.25, -0.2) is 0 Å². The molecule has 0 aromatic heterocycles. The van der Waals surface area contributed by atoms with Crippen LogP contribution in [-0.2, 0) is 14.3 Å². The van der Waals surface area contributed by atoms with Gasteiger partial charge >= 0.3 is 0 Å². The fraction of sp³-hybridized carbons (Fsp3) is 0.842. The number of rotatable bonds is 30. The lowest BCUT2D eigenvalue weighted by molar-refractivity contribution is 0.0401. The van der Waals surface area contributed by atoms with Gasteiger partial charge in [-0.15, -0.1) is 0 Å². The van der Waals surface area contributed by atoms with Crippen molar-refractivity contribution in [2.45, 2.75) is 212 Å². The normalized spacial score (nSPS) is 12.3. The molecule has 1 aromatic carbocycles. The predicted molar refractivity (Wildman–Crippen MR) is 184 cm³/mol. The van der Waals surface area contributed by atoms with Gasteiger partial charge in [-0.2, -0.15) is 8.42 Å². The largest absolute Gasteiger partial charge is 0.297 e. The van der Waals surface area contributed by atoms with E-state index in [9.17, 15) is 8.42 Å². The van der Waals surface area contributed by atoms with Crippen molar-refractivity contribution in [1.82, 2.24) is 0 Å². The third-order valence-electron chi connectivity index (χ3n) is 9.05. The minimum Gasteiger partial charge on any atom is -0.260 e. The lowest BCUT2D eigenvalue weighted by Crippen LogP contribution is -2.35. The van der Waals surface area contributed by atoms with E-state index in [1.165, 1.54) is 135 Å². The minimum atomic E-state index is -3.81. The number of benzene rings is 1. The average molecular weight is 607 g/mol. The number of unbranched alkanes of at least 4 members (excludes halogenated alkanes) is 21. The van der Waals surface area contributed by atoms with E-state index in [0.717, 1.165) is 44.1 Å². The van der Waals surface area contributed by atoms with E-state index in [1.807, 2.05) is 19.1 Å². The molecule has 246 valence electrons. The molecule has 0 amide bonds. The Labute approximate surface area is 263 Å². The van der Waals surface area contributed by atoms with Crippen molar-refractivity contribution >= 4 is 10.1 Å². The zero-order valence-electron chi connectivity index (χ0n) is 28.5. The Morgan fingerprint density at radius 1 is 0.476 bits per heavy atom. The number of hydrogen-bond acceptors (Lipinski definition) is 3. The molecule has 1 rings (SSSR count). The molecule has 0 atom stereocenters. The first-order valence-corrected chi connectivity index (χ1v) is 19.8. The van der Waals surface area contributed by atoms with Gasteiger partial charge in [0.15, 0.2) is 0 Å². The first-order valence-electron chi connectivity index (χ1n) is 18.4. The highest BCUT2D eigenvalue weighted by atomic mass is 32.2. The van der Waals surface area contributed by atoms with Crippen molar-refractivity contribution in [3.05, 3.63) is 29.8 Å². The SMILES string of the molecule is CCCCCCCCCCC(CCCCCCCCCC)(CCCCCCCCCC)OS(=O)(=O)c1ccc(C)cc1. The van der Waals surface area contributed by atoms with Crippen molar-refractivity contribution in [2.75, 3.05) is 0 Å². The molecule has 0 saturated heterocycles. The number of hydrogen-bond donors (Lipinski definition) is 0. The Bertz CT molecular complexity index is 780. The summed E-state index contributed by atoms with van der Waals surface area (Å²) in [6.45, 7) is 8.80. The van der Waals surface area contributed by atoms with Gasteiger partial charge in [0.25, 0.3) is 10.1 Å². The van der Waals surface area contributed by atoms with Crippen LogP contribution in [0, 0.1) is 6.92 Å². The summed E-state index contributed by atoms with van der Waals surface area (Å²) in [7, 11) is -3.81. The Balaban J connectivity index is 2.89. The summed E-state index contributed by atoms with van der Waals surface area (Å²) >= 11 is 0. The van der Waals surface area contributed by atoms with Crippen LogP contribution in [0.1, 0.15) is 200 Å². The lowest BCUT2D eigenvalue weighted by atomic mass is 9.85. The van der Waals surface area contributed by atoms with Gasteiger partial charge in [0.05, 0.1) is 10.5 Å². The molecule has 0 unspecified atom stereocenters. The van der Waals surface area contributed by atoms with E-state index in [1.54, 1.807) is 12.1 Å². The van der Waals surface area contributed by atoms with E-state index >= 15 is 0 Å². The summed E-state index contributed by atoms with van der Waals surface area (Å²) in [5.41, 5.74) is 0.494. The third kappa shape index (κ3) is 19.4. The Kier molecular flexibility index (Phi) is 23.7. The van der Waals surface area contributed by atoms with Gasteiger partial charge < -0.3 is 0 Å². The van der Waals surface area contributed by atoms with Gasteiger partial charge in [0.1, 0.15) is 0 Å². The molecule has 0 bridgehead atoms. The van der Waals surface area contributed by atoms with E-state index in [4.69, 9.17) is 4.18 Å². The maximum Gasteiger partial charge on any atom is 0.297 e. The second-order valence-corrected chi connectivity index (χ2v) is 14.8. The van der Waals surface area contributed by atoms with E-state index < -0.39 is 15.7 Å². The molecule has 0 spiro atoms. The standard InChI is InChI=1S/C38H70O3S/c1-5-8-11-14-17-20-23-26-33-38(34-27-24-21-18-15-12-9-6-2,35-28-25-22-19-16-13-10-7-3)41-42(39,40)37-31-29-36(4)30-32-37/h29-32H,5-28,33-35H2,1-4H3. The number of aryl methyl sites for hydroxylation is 1. The average Bonchev–Trinajstić information content (AvgIpc) is 2.97. The van der Waals surface area contributed by atoms with E-state index in [-0.39, 0.29) is 0 Å². The highest BCUT2D eigenvalue weighted by molar-refractivity contribution is 7.86. The molecule has 0 heterocycles. The maximum atomic E-state index is 13.6. The first-order chi connectivity index (χ1) is 20.4. The lowest BCUT2D eigenvalue weighted by Gasteiger charge is -2.34. The fourth-order valence-electron chi connectivity index (χ4n) is 6.23. The first kappa shape index (κ1) is 39.2. The van der Waals surface area contributed by atoms with Crippen molar-refractivity contribution in [3.8, 4) is 0 Å². The monoisotopic (exact) mass is 607 g/mol. The van der Waals surface area contributed by atoms with Crippen LogP contribution in [0.4, 0.5) is 0 Å². The Morgan fingerprint density at radius 3 is 1.07 bits per heavy atom. The van der Waals surface area contributed by atoms with Crippen LogP contribution in [0.25, 0.3) is 0 Å². The molecular formula is C38H70O3S. The van der Waals surface area contributed by atoms with Gasteiger partial charge in [0.2, 0.25) is 0 Å². The molecule has 0 N–H and O–H groups in total. The summed E-state index contributed by atoms with van der Waals surface area (Å²) in [6.07, 6.45) is 32.8. The molecular weight excluding hydrogens is 536 g/mol. The third-order valence-corrected chi connectivity index (χ3v) is 10.5. The van der Waals surface area contributed by atoms with Crippen molar-refractivity contribution in [1.29, 1.82) is 0 Å². The zero-order chi connectivity index (χ0) is 30.8. The topological polar surface area (TPSA) is 43.4 Å².